The average Bonchev–Trinajstić information content (AvgIpc) is 1.97. The molecule has 1 amide bonds. The highest BCUT2D eigenvalue weighted by Gasteiger charge is 2.25. The van der Waals surface area contributed by atoms with Crippen LogP contribution in [0.3, 0.4) is 0 Å². The highest BCUT2D eigenvalue weighted by Crippen LogP contribution is 2.07. The number of carbonyl (C=O) groups is 1. The zero-order chi connectivity index (χ0) is 9.14. The van der Waals surface area contributed by atoms with Crippen molar-refractivity contribution < 1.29 is 14.6 Å². The predicted molar refractivity (Wildman–Crippen MR) is 43.7 cm³/mol. The molecule has 0 aromatic heterocycles. The highest BCUT2D eigenvalue weighted by molar-refractivity contribution is 5.78. The molecule has 1 aliphatic heterocycles. The molecule has 1 N–H and O–H groups in total. The lowest BCUT2D eigenvalue weighted by atomic mass is 10.2. The van der Waals surface area contributed by atoms with Crippen LogP contribution in [0, 0.1) is 0 Å². The smallest absolute Gasteiger partial charge is 0.248 e. The molecule has 1 aliphatic rings. The van der Waals surface area contributed by atoms with E-state index in [0.717, 1.165) is 0 Å². The number of hydrogen-bond donors (Lipinski definition) is 1. The maximum atomic E-state index is 11.2. The van der Waals surface area contributed by atoms with Gasteiger partial charge in [0.2, 0.25) is 5.91 Å². The number of ether oxygens (including phenoxy) is 1. The molecule has 0 bridgehead atoms. The number of hydrogen-bond acceptors (Lipinski definition) is 3. The van der Waals surface area contributed by atoms with E-state index in [2.05, 4.69) is 0 Å². The Bertz CT molecular complexity index is 170. The van der Waals surface area contributed by atoms with Gasteiger partial charge in [0, 0.05) is 6.54 Å². The van der Waals surface area contributed by atoms with Gasteiger partial charge in [-0.15, -0.1) is 0 Å². The Labute approximate surface area is 72.1 Å². The molecular weight excluding hydrogens is 158 g/mol. The maximum Gasteiger partial charge on any atom is 0.248 e. The Morgan fingerprint density at radius 3 is 3.00 bits per heavy atom. The first-order valence-corrected chi connectivity index (χ1v) is 4.16. The second-order valence-electron chi connectivity index (χ2n) is 3.26. The van der Waals surface area contributed by atoms with Crippen LogP contribution in [-0.2, 0) is 9.53 Å². The van der Waals surface area contributed by atoms with E-state index in [9.17, 15) is 4.79 Å². The molecule has 0 aliphatic carbocycles. The molecule has 0 radical (unpaired) electrons. The molecule has 4 nitrogen and oxygen atoms in total. The number of aliphatic hydroxyl groups is 1. The number of aliphatic hydroxyl groups excluding tert-OH is 1. The van der Waals surface area contributed by atoms with Crippen LogP contribution in [0.5, 0.6) is 0 Å². The van der Waals surface area contributed by atoms with Crippen molar-refractivity contribution in [3.8, 4) is 0 Å². The third kappa shape index (κ3) is 2.19. The van der Waals surface area contributed by atoms with Crippen LogP contribution in [0.15, 0.2) is 0 Å². The Hall–Kier alpha value is -0.610. The van der Waals surface area contributed by atoms with Crippen LogP contribution in [0.1, 0.15) is 13.8 Å². The third-order valence-corrected chi connectivity index (χ3v) is 1.90. The molecule has 0 aromatic carbocycles. The van der Waals surface area contributed by atoms with Gasteiger partial charge in [0.1, 0.15) is 6.61 Å². The molecule has 0 saturated carbocycles. The highest BCUT2D eigenvalue weighted by atomic mass is 16.5. The van der Waals surface area contributed by atoms with Gasteiger partial charge in [0.15, 0.2) is 0 Å². The topological polar surface area (TPSA) is 49.8 Å². The summed E-state index contributed by atoms with van der Waals surface area (Å²) < 4.78 is 5.03. The van der Waals surface area contributed by atoms with E-state index in [4.69, 9.17) is 9.84 Å². The van der Waals surface area contributed by atoms with Crippen LogP contribution in [0.4, 0.5) is 0 Å². The lowest BCUT2D eigenvalue weighted by Gasteiger charge is -2.33. The van der Waals surface area contributed by atoms with E-state index in [0.29, 0.717) is 13.2 Å². The van der Waals surface area contributed by atoms with E-state index < -0.39 is 6.10 Å². The molecule has 70 valence electrons. The van der Waals surface area contributed by atoms with Gasteiger partial charge in [-0.1, -0.05) is 0 Å². The van der Waals surface area contributed by atoms with Crippen molar-refractivity contribution in [3.05, 3.63) is 0 Å². The molecule has 12 heavy (non-hydrogen) atoms. The standard InChI is InChI=1S/C8H15NO3/c1-6-4-12-5-8(11)9(6)3-7(2)10/h6-7,10H,3-5H2,1-2H3. The zero-order valence-electron chi connectivity index (χ0n) is 7.49. The first-order chi connectivity index (χ1) is 5.61. The fourth-order valence-corrected chi connectivity index (χ4v) is 1.30. The molecule has 2 unspecified atom stereocenters. The SMILES string of the molecule is CC(O)CN1C(=O)COCC1C. The Balaban J connectivity index is 2.51. The minimum atomic E-state index is -0.463. The number of amides is 1. The second-order valence-corrected chi connectivity index (χ2v) is 3.26. The monoisotopic (exact) mass is 173 g/mol. The molecule has 1 heterocycles. The van der Waals surface area contributed by atoms with Crippen molar-refractivity contribution >= 4 is 5.91 Å². The summed E-state index contributed by atoms with van der Waals surface area (Å²) >= 11 is 0. The minimum Gasteiger partial charge on any atom is -0.392 e. The molecule has 1 rings (SSSR count). The van der Waals surface area contributed by atoms with Crippen molar-refractivity contribution in [2.45, 2.75) is 26.0 Å². The molecule has 4 heteroatoms. The first-order valence-electron chi connectivity index (χ1n) is 4.16. The largest absolute Gasteiger partial charge is 0.392 e. The molecular formula is C8H15NO3. The van der Waals surface area contributed by atoms with Crippen molar-refractivity contribution in [2.24, 2.45) is 0 Å². The van der Waals surface area contributed by atoms with Gasteiger partial charge in [-0.3, -0.25) is 4.79 Å². The third-order valence-electron chi connectivity index (χ3n) is 1.90. The van der Waals surface area contributed by atoms with E-state index >= 15 is 0 Å². The second kappa shape index (κ2) is 3.87. The first kappa shape index (κ1) is 9.48. The molecule has 1 saturated heterocycles. The van der Waals surface area contributed by atoms with Gasteiger partial charge in [0.25, 0.3) is 0 Å². The van der Waals surface area contributed by atoms with Crippen molar-refractivity contribution in [1.82, 2.24) is 4.90 Å². The fourth-order valence-electron chi connectivity index (χ4n) is 1.30. The molecule has 2 atom stereocenters. The van der Waals surface area contributed by atoms with Crippen LogP contribution < -0.4 is 0 Å². The van der Waals surface area contributed by atoms with E-state index in [1.165, 1.54) is 0 Å². The Kier molecular flexibility index (Phi) is 3.05. The summed E-state index contributed by atoms with van der Waals surface area (Å²) in [5, 5.41) is 9.11. The summed E-state index contributed by atoms with van der Waals surface area (Å²) in [5.41, 5.74) is 0. The van der Waals surface area contributed by atoms with Gasteiger partial charge < -0.3 is 14.7 Å². The van der Waals surface area contributed by atoms with Gasteiger partial charge in [-0.25, -0.2) is 0 Å². The van der Waals surface area contributed by atoms with Gasteiger partial charge in [-0.2, -0.15) is 0 Å². The van der Waals surface area contributed by atoms with Crippen LogP contribution >= 0.6 is 0 Å². The maximum absolute atomic E-state index is 11.2. The summed E-state index contributed by atoms with van der Waals surface area (Å²) in [5.74, 6) is -0.0327. The van der Waals surface area contributed by atoms with Crippen molar-refractivity contribution in [2.75, 3.05) is 19.8 Å². The van der Waals surface area contributed by atoms with Gasteiger partial charge in [-0.05, 0) is 13.8 Å². The van der Waals surface area contributed by atoms with E-state index in [-0.39, 0.29) is 18.6 Å². The number of nitrogens with zero attached hydrogens (tertiary/aromatic N) is 1. The number of morpholine rings is 1. The average molecular weight is 173 g/mol. The van der Waals surface area contributed by atoms with Crippen molar-refractivity contribution in [3.63, 3.8) is 0 Å². The minimum absolute atomic E-state index is 0.0327. The number of rotatable bonds is 2. The van der Waals surface area contributed by atoms with Crippen LogP contribution in [0.25, 0.3) is 0 Å². The van der Waals surface area contributed by atoms with E-state index in [1.807, 2.05) is 6.92 Å². The van der Waals surface area contributed by atoms with Crippen LogP contribution in [0.2, 0.25) is 0 Å². The van der Waals surface area contributed by atoms with Crippen molar-refractivity contribution in [1.29, 1.82) is 0 Å². The molecule has 1 fully saturated rings. The quantitative estimate of drug-likeness (QED) is 0.619. The summed E-state index contributed by atoms with van der Waals surface area (Å²) in [7, 11) is 0. The van der Waals surface area contributed by atoms with Gasteiger partial charge in [0.05, 0.1) is 18.8 Å². The zero-order valence-corrected chi connectivity index (χ0v) is 7.49. The lowest BCUT2D eigenvalue weighted by molar-refractivity contribution is -0.149. The number of β-amino-alcohol motifs (C(OH)–C–C–N with tert-alkyl or cyclic N) is 1. The van der Waals surface area contributed by atoms with E-state index in [1.54, 1.807) is 11.8 Å². The predicted octanol–water partition coefficient (Wildman–Crippen LogP) is -0.385. The van der Waals surface area contributed by atoms with Gasteiger partial charge >= 0.3 is 0 Å². The summed E-state index contributed by atoms with van der Waals surface area (Å²) in [6, 6.07) is 0.0841. The summed E-state index contributed by atoms with van der Waals surface area (Å²) in [6.07, 6.45) is -0.463. The molecule has 0 spiro atoms. The fraction of sp³-hybridized carbons (Fsp3) is 0.875. The Morgan fingerprint density at radius 1 is 1.83 bits per heavy atom. The number of carbonyl (C=O) groups excluding carboxylic acids is 1. The Morgan fingerprint density at radius 2 is 2.50 bits per heavy atom. The summed E-state index contributed by atoms with van der Waals surface area (Å²) in [6.45, 7) is 4.72. The van der Waals surface area contributed by atoms with Crippen LogP contribution in [-0.4, -0.2) is 47.8 Å². The molecule has 0 aromatic rings. The summed E-state index contributed by atoms with van der Waals surface area (Å²) in [4.78, 5) is 12.9. The normalized spacial score (nSPS) is 27.4. The lowest BCUT2D eigenvalue weighted by Crippen LogP contribution is -2.50.